The lowest BCUT2D eigenvalue weighted by atomic mass is 10.3. The van der Waals surface area contributed by atoms with Crippen molar-refractivity contribution in [2.45, 2.75) is 18.7 Å². The lowest BCUT2D eigenvalue weighted by Gasteiger charge is -2.07. The van der Waals surface area contributed by atoms with Crippen molar-refractivity contribution < 1.29 is 17.7 Å². The van der Waals surface area contributed by atoms with Crippen LogP contribution in [-0.4, -0.2) is 36.9 Å². The Morgan fingerprint density at radius 1 is 1.24 bits per heavy atom. The van der Waals surface area contributed by atoms with Gasteiger partial charge in [0.1, 0.15) is 22.9 Å². The van der Waals surface area contributed by atoms with Crippen molar-refractivity contribution in [1.82, 2.24) is 20.1 Å². The van der Waals surface area contributed by atoms with E-state index in [4.69, 9.17) is 9.26 Å². The molecule has 0 atom stereocenters. The molecular formula is C15H16N4O4S2. The molecule has 0 aromatic carbocycles. The fourth-order valence-corrected chi connectivity index (χ4v) is 4.24. The second kappa shape index (κ2) is 7.30. The summed E-state index contributed by atoms with van der Waals surface area (Å²) >= 11 is 1.57. The van der Waals surface area contributed by atoms with Gasteiger partial charge in [-0.25, -0.2) is 13.1 Å². The van der Waals surface area contributed by atoms with Crippen LogP contribution in [0.1, 0.15) is 11.5 Å². The minimum atomic E-state index is -3.69. The van der Waals surface area contributed by atoms with E-state index in [0.29, 0.717) is 11.6 Å². The molecule has 3 aromatic heterocycles. The van der Waals surface area contributed by atoms with E-state index in [1.165, 1.54) is 0 Å². The normalized spacial score (nSPS) is 11.6. The molecule has 25 heavy (non-hydrogen) atoms. The summed E-state index contributed by atoms with van der Waals surface area (Å²) in [5.74, 6) is 0.581. The summed E-state index contributed by atoms with van der Waals surface area (Å²) in [7, 11) is -3.69. The molecule has 3 aromatic rings. The van der Waals surface area contributed by atoms with E-state index in [1.807, 2.05) is 23.6 Å². The van der Waals surface area contributed by atoms with Crippen molar-refractivity contribution in [3.63, 3.8) is 0 Å². The first-order chi connectivity index (χ1) is 12.0. The lowest BCUT2D eigenvalue weighted by molar-refractivity contribution is 0.307. The van der Waals surface area contributed by atoms with E-state index in [2.05, 4.69) is 20.1 Å². The Kier molecular flexibility index (Phi) is 5.11. The third-order valence-electron chi connectivity index (χ3n) is 3.29. The lowest BCUT2D eigenvalue weighted by Crippen LogP contribution is -2.29. The van der Waals surface area contributed by atoms with E-state index in [0.717, 1.165) is 10.6 Å². The van der Waals surface area contributed by atoms with Crippen LogP contribution in [0.25, 0.3) is 10.6 Å². The molecule has 0 fully saturated rings. The van der Waals surface area contributed by atoms with Crippen molar-refractivity contribution in [1.29, 1.82) is 0 Å². The van der Waals surface area contributed by atoms with E-state index >= 15 is 0 Å². The maximum Gasteiger partial charge on any atom is 0.246 e. The fraction of sp³-hybridized carbons (Fsp3) is 0.267. The minimum absolute atomic E-state index is 0.0626. The van der Waals surface area contributed by atoms with Crippen LogP contribution in [0.4, 0.5) is 0 Å². The van der Waals surface area contributed by atoms with Gasteiger partial charge in [0.25, 0.3) is 0 Å². The van der Waals surface area contributed by atoms with Crippen LogP contribution in [-0.2, 0) is 10.0 Å². The van der Waals surface area contributed by atoms with Gasteiger partial charge in [0.05, 0.1) is 4.88 Å². The van der Waals surface area contributed by atoms with Crippen LogP contribution in [0.15, 0.2) is 39.1 Å². The number of ether oxygens (including phenoxy) is 1. The van der Waals surface area contributed by atoms with E-state index in [1.54, 1.807) is 31.3 Å². The molecule has 0 unspecified atom stereocenters. The maximum absolute atomic E-state index is 12.2. The summed E-state index contributed by atoms with van der Waals surface area (Å²) in [6.07, 6.45) is 0. The molecule has 0 aliphatic rings. The number of sulfonamides is 1. The summed E-state index contributed by atoms with van der Waals surface area (Å²) in [5.41, 5.74) is 1.09. The molecule has 8 nitrogen and oxygen atoms in total. The number of hydrogen-bond donors (Lipinski definition) is 1. The second-order valence-electron chi connectivity index (χ2n) is 5.13. The third kappa shape index (κ3) is 4.03. The Balaban J connectivity index is 1.53. The molecule has 3 rings (SSSR count). The number of aromatic nitrogens is 3. The number of nitrogens with zero attached hydrogens (tertiary/aromatic N) is 3. The van der Waals surface area contributed by atoms with Gasteiger partial charge in [-0.05, 0) is 31.4 Å². The standard InChI is InChI=1S/C15H16N4O4S2/c1-10-15(11(2)23-19-10)25(20,21)16-7-8-22-14-6-5-12(17-18-14)13-4-3-9-24-13/h3-6,9,16H,7-8H2,1-2H3. The quantitative estimate of drug-likeness (QED) is 0.626. The molecule has 0 bridgehead atoms. The monoisotopic (exact) mass is 380 g/mol. The van der Waals surface area contributed by atoms with Gasteiger partial charge in [0.2, 0.25) is 15.9 Å². The van der Waals surface area contributed by atoms with Gasteiger partial charge in [-0.2, -0.15) is 0 Å². The van der Waals surface area contributed by atoms with Crippen LogP contribution in [0.2, 0.25) is 0 Å². The van der Waals surface area contributed by atoms with Gasteiger partial charge in [-0.1, -0.05) is 11.2 Å². The van der Waals surface area contributed by atoms with Crippen LogP contribution in [0.5, 0.6) is 5.88 Å². The Morgan fingerprint density at radius 3 is 2.68 bits per heavy atom. The molecule has 0 spiro atoms. The summed E-state index contributed by atoms with van der Waals surface area (Å²) in [6, 6.07) is 7.41. The Morgan fingerprint density at radius 2 is 2.08 bits per heavy atom. The van der Waals surface area contributed by atoms with Crippen molar-refractivity contribution >= 4 is 21.4 Å². The average Bonchev–Trinajstić information content (AvgIpc) is 3.22. The molecule has 0 saturated carbocycles. The van der Waals surface area contributed by atoms with Crippen molar-refractivity contribution in [2.75, 3.05) is 13.2 Å². The predicted molar refractivity (Wildman–Crippen MR) is 92.0 cm³/mol. The van der Waals surface area contributed by atoms with Gasteiger partial charge >= 0.3 is 0 Å². The molecule has 132 valence electrons. The number of hydrogen-bond acceptors (Lipinski definition) is 8. The molecule has 0 aliphatic heterocycles. The molecule has 0 radical (unpaired) electrons. The highest BCUT2D eigenvalue weighted by molar-refractivity contribution is 7.89. The smallest absolute Gasteiger partial charge is 0.246 e. The zero-order valence-electron chi connectivity index (χ0n) is 13.6. The van der Waals surface area contributed by atoms with Crippen molar-refractivity contribution in [3.05, 3.63) is 41.1 Å². The zero-order valence-corrected chi connectivity index (χ0v) is 15.2. The Hall–Kier alpha value is -2.30. The number of rotatable bonds is 7. The molecule has 1 N–H and O–H groups in total. The van der Waals surface area contributed by atoms with Gasteiger partial charge < -0.3 is 9.26 Å². The summed E-state index contributed by atoms with van der Waals surface area (Å²) < 4.78 is 37.2. The van der Waals surface area contributed by atoms with Gasteiger partial charge in [-0.15, -0.1) is 21.5 Å². The van der Waals surface area contributed by atoms with Gasteiger partial charge in [0.15, 0.2) is 5.76 Å². The number of thiophene rings is 1. The topological polar surface area (TPSA) is 107 Å². The molecule has 0 aliphatic carbocycles. The van der Waals surface area contributed by atoms with Crippen LogP contribution >= 0.6 is 11.3 Å². The Labute approximate surface area is 148 Å². The maximum atomic E-state index is 12.2. The van der Waals surface area contributed by atoms with E-state index < -0.39 is 10.0 Å². The fourth-order valence-electron chi connectivity index (χ4n) is 2.21. The van der Waals surface area contributed by atoms with Gasteiger partial charge in [-0.3, -0.25) is 0 Å². The van der Waals surface area contributed by atoms with Crippen LogP contribution < -0.4 is 9.46 Å². The summed E-state index contributed by atoms with van der Waals surface area (Å²) in [5, 5.41) is 13.7. The predicted octanol–water partition coefficient (Wildman–Crippen LogP) is 2.17. The van der Waals surface area contributed by atoms with Crippen molar-refractivity contribution in [3.8, 4) is 16.5 Å². The largest absolute Gasteiger partial charge is 0.475 e. The average molecular weight is 380 g/mol. The number of aryl methyl sites for hydroxylation is 2. The SMILES string of the molecule is Cc1noc(C)c1S(=O)(=O)NCCOc1ccc(-c2cccs2)nn1. The van der Waals surface area contributed by atoms with Crippen LogP contribution in [0, 0.1) is 13.8 Å². The minimum Gasteiger partial charge on any atom is -0.475 e. The first kappa shape index (κ1) is 17.5. The molecule has 0 amide bonds. The molecule has 3 heterocycles. The summed E-state index contributed by atoms with van der Waals surface area (Å²) in [6.45, 7) is 3.33. The number of nitrogens with one attached hydrogen (secondary N) is 1. The van der Waals surface area contributed by atoms with Crippen LogP contribution in [0.3, 0.4) is 0 Å². The zero-order chi connectivity index (χ0) is 17.9. The summed E-state index contributed by atoms with van der Waals surface area (Å²) in [4.78, 5) is 1.08. The second-order valence-corrected chi connectivity index (χ2v) is 7.79. The first-order valence-corrected chi connectivity index (χ1v) is 9.76. The van der Waals surface area contributed by atoms with Crippen molar-refractivity contribution in [2.24, 2.45) is 0 Å². The first-order valence-electron chi connectivity index (χ1n) is 7.40. The van der Waals surface area contributed by atoms with E-state index in [9.17, 15) is 8.42 Å². The third-order valence-corrected chi connectivity index (χ3v) is 5.89. The molecule has 0 saturated heterocycles. The highest BCUT2D eigenvalue weighted by atomic mass is 32.2. The van der Waals surface area contributed by atoms with Gasteiger partial charge in [0, 0.05) is 12.6 Å². The Bertz CT molecular complexity index is 915. The highest BCUT2D eigenvalue weighted by Gasteiger charge is 2.23. The highest BCUT2D eigenvalue weighted by Crippen LogP contribution is 2.22. The van der Waals surface area contributed by atoms with E-state index in [-0.39, 0.29) is 23.8 Å². The molecular weight excluding hydrogens is 364 g/mol. The molecule has 10 heteroatoms.